The number of carbonyl (C=O) groups excluding carboxylic acids is 1. The Morgan fingerprint density at radius 1 is 1.47 bits per heavy atom. The van der Waals surface area contributed by atoms with Crippen LogP contribution in [-0.4, -0.2) is 27.6 Å². The number of aromatic amines is 1. The third-order valence-electron chi connectivity index (χ3n) is 3.52. The van der Waals surface area contributed by atoms with Gasteiger partial charge in [-0.3, -0.25) is 9.89 Å². The first-order valence-electron chi connectivity index (χ1n) is 6.96. The number of hydrogen-bond donors (Lipinski definition) is 3. The molecule has 1 atom stereocenters. The summed E-state index contributed by atoms with van der Waals surface area (Å²) in [6.07, 6.45) is 4.95. The van der Waals surface area contributed by atoms with Crippen molar-refractivity contribution in [2.24, 2.45) is 11.1 Å². The molecule has 0 radical (unpaired) electrons. The summed E-state index contributed by atoms with van der Waals surface area (Å²) in [5.74, 6) is 0.676. The molecule has 0 spiro atoms. The van der Waals surface area contributed by atoms with Gasteiger partial charge in [0.2, 0.25) is 5.91 Å². The largest absolute Gasteiger partial charge is 0.346 e. The normalized spacial score (nSPS) is 13.3. The molecule has 1 amide bonds. The van der Waals surface area contributed by atoms with Gasteiger partial charge in [-0.25, -0.2) is 4.98 Å². The van der Waals surface area contributed by atoms with E-state index in [-0.39, 0.29) is 11.9 Å². The SMILES string of the molecule is CCCC(CN)(CCC)C(=O)NC(C)c1ncn[nH]1. The maximum Gasteiger partial charge on any atom is 0.228 e. The number of H-pyrrole nitrogens is 1. The third-order valence-corrected chi connectivity index (χ3v) is 3.52. The van der Waals surface area contributed by atoms with E-state index in [1.165, 1.54) is 6.33 Å². The number of rotatable bonds is 8. The van der Waals surface area contributed by atoms with Gasteiger partial charge in [-0.05, 0) is 19.8 Å². The molecule has 1 aromatic rings. The summed E-state index contributed by atoms with van der Waals surface area (Å²) in [5, 5.41) is 9.55. The van der Waals surface area contributed by atoms with Crippen molar-refractivity contribution in [3.8, 4) is 0 Å². The predicted molar refractivity (Wildman–Crippen MR) is 74.2 cm³/mol. The Balaban J connectivity index is 2.76. The molecule has 6 heteroatoms. The molecule has 0 saturated carbocycles. The minimum Gasteiger partial charge on any atom is -0.346 e. The zero-order valence-electron chi connectivity index (χ0n) is 12.1. The molecular formula is C13H25N5O. The summed E-state index contributed by atoms with van der Waals surface area (Å²) in [6.45, 7) is 6.42. The van der Waals surface area contributed by atoms with Crippen molar-refractivity contribution in [3.63, 3.8) is 0 Å². The predicted octanol–water partition coefficient (Wildman–Crippen LogP) is 1.53. The van der Waals surface area contributed by atoms with E-state index in [1.807, 2.05) is 6.92 Å². The van der Waals surface area contributed by atoms with Crippen LogP contribution in [0.15, 0.2) is 6.33 Å². The molecule has 0 aliphatic carbocycles. The number of amides is 1. The van der Waals surface area contributed by atoms with Crippen LogP contribution in [0.25, 0.3) is 0 Å². The Labute approximate surface area is 114 Å². The van der Waals surface area contributed by atoms with Crippen LogP contribution in [0.1, 0.15) is 58.3 Å². The van der Waals surface area contributed by atoms with Crippen molar-refractivity contribution in [3.05, 3.63) is 12.2 Å². The Kier molecular flexibility index (Phi) is 5.95. The maximum absolute atomic E-state index is 12.5. The number of nitrogens with two attached hydrogens (primary N) is 1. The van der Waals surface area contributed by atoms with Gasteiger partial charge < -0.3 is 11.1 Å². The fourth-order valence-corrected chi connectivity index (χ4v) is 2.45. The van der Waals surface area contributed by atoms with Gasteiger partial charge in [-0.15, -0.1) is 0 Å². The third kappa shape index (κ3) is 3.76. The van der Waals surface area contributed by atoms with Crippen LogP contribution in [-0.2, 0) is 4.79 Å². The van der Waals surface area contributed by atoms with E-state index in [4.69, 9.17) is 5.73 Å². The van der Waals surface area contributed by atoms with Crippen LogP contribution in [0.4, 0.5) is 0 Å². The number of nitrogens with one attached hydrogen (secondary N) is 2. The van der Waals surface area contributed by atoms with Gasteiger partial charge >= 0.3 is 0 Å². The minimum absolute atomic E-state index is 0.0163. The monoisotopic (exact) mass is 267 g/mol. The lowest BCUT2D eigenvalue weighted by Crippen LogP contribution is -2.46. The molecule has 19 heavy (non-hydrogen) atoms. The zero-order valence-corrected chi connectivity index (χ0v) is 12.1. The van der Waals surface area contributed by atoms with Crippen LogP contribution in [0.2, 0.25) is 0 Å². The molecule has 0 fully saturated rings. The number of carbonyl (C=O) groups is 1. The zero-order chi connectivity index (χ0) is 14.3. The molecule has 0 aromatic carbocycles. The van der Waals surface area contributed by atoms with Gasteiger partial charge in [0.05, 0.1) is 11.5 Å². The van der Waals surface area contributed by atoms with Crippen molar-refractivity contribution in [2.45, 2.75) is 52.5 Å². The Morgan fingerprint density at radius 3 is 2.53 bits per heavy atom. The van der Waals surface area contributed by atoms with Gasteiger partial charge in [0, 0.05) is 6.54 Å². The van der Waals surface area contributed by atoms with Crippen LogP contribution >= 0.6 is 0 Å². The van der Waals surface area contributed by atoms with Crippen LogP contribution < -0.4 is 11.1 Å². The summed E-state index contributed by atoms with van der Waals surface area (Å²) in [7, 11) is 0. The van der Waals surface area contributed by atoms with E-state index in [0.717, 1.165) is 25.7 Å². The standard InChI is InChI=1S/C13H25N5O/c1-4-6-13(8-14,7-5-2)12(19)17-10(3)11-15-9-16-18-11/h9-10H,4-8,14H2,1-3H3,(H,17,19)(H,15,16,18). The highest BCUT2D eigenvalue weighted by Gasteiger charge is 2.36. The molecule has 1 aromatic heterocycles. The van der Waals surface area contributed by atoms with Crippen molar-refractivity contribution >= 4 is 5.91 Å². The van der Waals surface area contributed by atoms with Gasteiger partial charge in [0.15, 0.2) is 0 Å². The first kappa shape index (κ1) is 15.6. The molecule has 0 saturated heterocycles. The Morgan fingerprint density at radius 2 is 2.11 bits per heavy atom. The lowest BCUT2D eigenvalue weighted by molar-refractivity contribution is -0.132. The maximum atomic E-state index is 12.5. The second-order valence-corrected chi connectivity index (χ2v) is 5.05. The van der Waals surface area contributed by atoms with Crippen LogP contribution in [0.3, 0.4) is 0 Å². The number of aromatic nitrogens is 3. The second-order valence-electron chi connectivity index (χ2n) is 5.05. The van der Waals surface area contributed by atoms with Gasteiger partial charge in [0.1, 0.15) is 12.2 Å². The fraction of sp³-hybridized carbons (Fsp3) is 0.769. The first-order chi connectivity index (χ1) is 9.09. The summed E-state index contributed by atoms with van der Waals surface area (Å²) in [5.41, 5.74) is 5.42. The Bertz CT molecular complexity index is 370. The molecule has 0 aliphatic rings. The van der Waals surface area contributed by atoms with Crippen LogP contribution in [0.5, 0.6) is 0 Å². The van der Waals surface area contributed by atoms with E-state index in [2.05, 4.69) is 34.3 Å². The molecule has 108 valence electrons. The number of hydrogen-bond acceptors (Lipinski definition) is 4. The summed E-state index contributed by atoms with van der Waals surface area (Å²) < 4.78 is 0. The molecule has 0 bridgehead atoms. The summed E-state index contributed by atoms with van der Waals surface area (Å²) in [6, 6.07) is -0.186. The molecule has 1 heterocycles. The molecular weight excluding hydrogens is 242 g/mol. The van der Waals surface area contributed by atoms with Gasteiger partial charge in [-0.2, -0.15) is 5.10 Å². The minimum atomic E-state index is -0.461. The highest BCUT2D eigenvalue weighted by Crippen LogP contribution is 2.29. The molecule has 1 unspecified atom stereocenters. The molecule has 6 nitrogen and oxygen atoms in total. The highest BCUT2D eigenvalue weighted by atomic mass is 16.2. The first-order valence-corrected chi connectivity index (χ1v) is 6.96. The summed E-state index contributed by atoms with van der Waals surface area (Å²) >= 11 is 0. The number of nitrogens with zero attached hydrogens (tertiary/aromatic N) is 2. The van der Waals surface area contributed by atoms with E-state index in [9.17, 15) is 4.79 Å². The van der Waals surface area contributed by atoms with Gasteiger partial charge in [-0.1, -0.05) is 26.7 Å². The van der Waals surface area contributed by atoms with Crippen molar-refractivity contribution in [1.29, 1.82) is 0 Å². The van der Waals surface area contributed by atoms with E-state index >= 15 is 0 Å². The van der Waals surface area contributed by atoms with Crippen molar-refractivity contribution in [2.75, 3.05) is 6.54 Å². The average Bonchev–Trinajstić information content (AvgIpc) is 2.92. The second kappa shape index (κ2) is 7.23. The molecule has 0 aliphatic heterocycles. The topological polar surface area (TPSA) is 96.7 Å². The van der Waals surface area contributed by atoms with Crippen molar-refractivity contribution in [1.82, 2.24) is 20.5 Å². The quantitative estimate of drug-likeness (QED) is 0.665. The summed E-state index contributed by atoms with van der Waals surface area (Å²) in [4.78, 5) is 16.6. The average molecular weight is 267 g/mol. The molecule has 1 rings (SSSR count). The lowest BCUT2D eigenvalue weighted by Gasteiger charge is -2.31. The lowest BCUT2D eigenvalue weighted by atomic mass is 9.78. The van der Waals surface area contributed by atoms with E-state index in [0.29, 0.717) is 12.4 Å². The highest BCUT2D eigenvalue weighted by molar-refractivity contribution is 5.83. The van der Waals surface area contributed by atoms with Gasteiger partial charge in [0.25, 0.3) is 0 Å². The smallest absolute Gasteiger partial charge is 0.228 e. The Hall–Kier alpha value is -1.43. The van der Waals surface area contributed by atoms with E-state index in [1.54, 1.807) is 0 Å². The fourth-order valence-electron chi connectivity index (χ4n) is 2.45. The van der Waals surface area contributed by atoms with Crippen molar-refractivity contribution < 1.29 is 4.79 Å². The molecule has 4 N–H and O–H groups in total. The van der Waals surface area contributed by atoms with Crippen LogP contribution in [0, 0.1) is 5.41 Å². The van der Waals surface area contributed by atoms with E-state index < -0.39 is 5.41 Å².